The summed E-state index contributed by atoms with van der Waals surface area (Å²) in [6, 6.07) is 0. The van der Waals surface area contributed by atoms with Crippen molar-refractivity contribution in [1.29, 1.82) is 0 Å². The Labute approximate surface area is 99.3 Å². The van der Waals surface area contributed by atoms with Gasteiger partial charge in [-0.3, -0.25) is 4.79 Å². The van der Waals surface area contributed by atoms with Crippen LogP contribution in [0, 0.1) is 11.8 Å². The highest BCUT2D eigenvalue weighted by Gasteiger charge is 2.35. The summed E-state index contributed by atoms with van der Waals surface area (Å²) in [6.45, 7) is 4.35. The minimum atomic E-state index is 0.454. The van der Waals surface area contributed by atoms with Gasteiger partial charge in [-0.15, -0.1) is 0 Å². The van der Waals surface area contributed by atoms with Gasteiger partial charge in [0.2, 0.25) is 0 Å². The topological polar surface area (TPSA) is 17.1 Å². The van der Waals surface area contributed by atoms with Crippen LogP contribution in [0.1, 0.15) is 65.2 Å². The SMILES string of the molecule is CCC1=C(CC)C(C2CCCCC2)CC1=O. The Bertz CT molecular complexity index is 295. The summed E-state index contributed by atoms with van der Waals surface area (Å²) in [5.74, 6) is 1.89. The Kier molecular flexibility index (Phi) is 3.83. The van der Waals surface area contributed by atoms with E-state index in [0.717, 1.165) is 25.2 Å². The summed E-state index contributed by atoms with van der Waals surface area (Å²) in [5.41, 5.74) is 2.69. The second-order valence-electron chi connectivity index (χ2n) is 5.34. The van der Waals surface area contributed by atoms with Crippen molar-refractivity contribution in [3.8, 4) is 0 Å². The third kappa shape index (κ3) is 2.09. The minimum absolute atomic E-state index is 0.454. The van der Waals surface area contributed by atoms with Gasteiger partial charge in [0.15, 0.2) is 5.78 Å². The predicted molar refractivity (Wildman–Crippen MR) is 67.3 cm³/mol. The van der Waals surface area contributed by atoms with E-state index in [-0.39, 0.29) is 0 Å². The van der Waals surface area contributed by atoms with Crippen molar-refractivity contribution in [3.63, 3.8) is 0 Å². The van der Waals surface area contributed by atoms with Gasteiger partial charge in [0.25, 0.3) is 0 Å². The van der Waals surface area contributed by atoms with E-state index in [2.05, 4.69) is 13.8 Å². The fourth-order valence-corrected chi connectivity index (χ4v) is 3.74. The number of hydrogen-bond acceptors (Lipinski definition) is 1. The molecule has 0 aliphatic heterocycles. The lowest BCUT2D eigenvalue weighted by Gasteiger charge is -2.28. The fourth-order valence-electron chi connectivity index (χ4n) is 3.74. The Balaban J connectivity index is 2.16. The lowest BCUT2D eigenvalue weighted by atomic mass is 9.76. The normalized spacial score (nSPS) is 27.9. The summed E-state index contributed by atoms with van der Waals surface area (Å²) in [7, 11) is 0. The largest absolute Gasteiger partial charge is 0.295 e. The van der Waals surface area contributed by atoms with Crippen LogP contribution in [0.25, 0.3) is 0 Å². The second kappa shape index (κ2) is 5.16. The molecule has 1 heteroatoms. The molecule has 0 aromatic rings. The summed E-state index contributed by atoms with van der Waals surface area (Å²) in [6.07, 6.45) is 9.76. The maximum absolute atomic E-state index is 12.0. The highest BCUT2D eigenvalue weighted by atomic mass is 16.1. The maximum atomic E-state index is 12.0. The lowest BCUT2D eigenvalue weighted by Crippen LogP contribution is -2.18. The number of ketones is 1. The third-order valence-electron chi connectivity index (χ3n) is 4.53. The Morgan fingerprint density at radius 1 is 1.06 bits per heavy atom. The summed E-state index contributed by atoms with van der Waals surface area (Å²) < 4.78 is 0. The molecule has 2 rings (SSSR count). The monoisotopic (exact) mass is 220 g/mol. The molecule has 2 aliphatic rings. The zero-order valence-electron chi connectivity index (χ0n) is 10.7. The number of hydrogen-bond donors (Lipinski definition) is 0. The fraction of sp³-hybridized carbons (Fsp3) is 0.800. The van der Waals surface area contributed by atoms with Gasteiger partial charge in [-0.1, -0.05) is 38.7 Å². The van der Waals surface area contributed by atoms with Crippen LogP contribution in [0.5, 0.6) is 0 Å². The van der Waals surface area contributed by atoms with E-state index in [9.17, 15) is 4.79 Å². The smallest absolute Gasteiger partial charge is 0.159 e. The van der Waals surface area contributed by atoms with E-state index in [1.165, 1.54) is 43.3 Å². The first kappa shape index (κ1) is 11.9. The number of Topliss-reactive ketones (excluding diaryl/α,β-unsaturated/α-hetero) is 1. The van der Waals surface area contributed by atoms with Gasteiger partial charge in [-0.2, -0.15) is 0 Å². The molecule has 1 nitrogen and oxygen atoms in total. The molecule has 2 aliphatic carbocycles. The lowest BCUT2D eigenvalue weighted by molar-refractivity contribution is -0.115. The molecule has 1 saturated carbocycles. The Morgan fingerprint density at radius 2 is 1.75 bits per heavy atom. The highest BCUT2D eigenvalue weighted by molar-refractivity contribution is 5.99. The predicted octanol–water partition coefficient (Wildman–Crippen LogP) is 4.27. The summed E-state index contributed by atoms with van der Waals surface area (Å²) >= 11 is 0. The van der Waals surface area contributed by atoms with Gasteiger partial charge < -0.3 is 0 Å². The van der Waals surface area contributed by atoms with Crippen LogP contribution in [0.2, 0.25) is 0 Å². The van der Waals surface area contributed by atoms with Gasteiger partial charge in [0, 0.05) is 6.42 Å². The number of carbonyl (C=O) groups is 1. The first-order valence-electron chi connectivity index (χ1n) is 7.03. The molecule has 0 N–H and O–H groups in total. The van der Waals surface area contributed by atoms with Gasteiger partial charge in [-0.05, 0) is 43.1 Å². The molecule has 90 valence electrons. The van der Waals surface area contributed by atoms with E-state index in [0.29, 0.717) is 11.7 Å². The van der Waals surface area contributed by atoms with Crippen molar-refractivity contribution in [2.75, 3.05) is 0 Å². The van der Waals surface area contributed by atoms with Crippen LogP contribution in [0.15, 0.2) is 11.1 Å². The van der Waals surface area contributed by atoms with Gasteiger partial charge in [0.05, 0.1) is 0 Å². The van der Waals surface area contributed by atoms with Crippen molar-refractivity contribution < 1.29 is 4.79 Å². The zero-order valence-corrected chi connectivity index (χ0v) is 10.7. The zero-order chi connectivity index (χ0) is 11.5. The molecule has 0 aromatic heterocycles. The van der Waals surface area contributed by atoms with Crippen molar-refractivity contribution in [2.24, 2.45) is 11.8 Å². The molecule has 0 amide bonds. The van der Waals surface area contributed by atoms with Crippen molar-refractivity contribution in [1.82, 2.24) is 0 Å². The van der Waals surface area contributed by atoms with Crippen molar-refractivity contribution in [2.45, 2.75) is 65.2 Å². The molecule has 1 unspecified atom stereocenters. The molecule has 0 saturated heterocycles. The Hall–Kier alpha value is -0.590. The summed E-state index contributed by atoms with van der Waals surface area (Å²) in [5, 5.41) is 0. The second-order valence-corrected chi connectivity index (χ2v) is 5.34. The quantitative estimate of drug-likeness (QED) is 0.694. The first-order valence-corrected chi connectivity index (χ1v) is 7.03. The molecular weight excluding hydrogens is 196 g/mol. The van der Waals surface area contributed by atoms with Crippen LogP contribution in [-0.2, 0) is 4.79 Å². The molecule has 0 bridgehead atoms. The van der Waals surface area contributed by atoms with Crippen LogP contribution in [0.3, 0.4) is 0 Å². The van der Waals surface area contributed by atoms with Crippen LogP contribution in [-0.4, -0.2) is 5.78 Å². The van der Waals surface area contributed by atoms with Gasteiger partial charge in [0.1, 0.15) is 0 Å². The minimum Gasteiger partial charge on any atom is -0.295 e. The van der Waals surface area contributed by atoms with E-state index < -0.39 is 0 Å². The number of allylic oxidation sites excluding steroid dienone is 2. The van der Waals surface area contributed by atoms with Crippen molar-refractivity contribution in [3.05, 3.63) is 11.1 Å². The van der Waals surface area contributed by atoms with Gasteiger partial charge >= 0.3 is 0 Å². The Morgan fingerprint density at radius 3 is 2.31 bits per heavy atom. The molecular formula is C15H24O. The molecule has 0 spiro atoms. The maximum Gasteiger partial charge on any atom is 0.159 e. The van der Waals surface area contributed by atoms with Gasteiger partial charge in [-0.25, -0.2) is 0 Å². The highest BCUT2D eigenvalue weighted by Crippen LogP contribution is 2.43. The van der Waals surface area contributed by atoms with Crippen LogP contribution >= 0.6 is 0 Å². The van der Waals surface area contributed by atoms with E-state index in [1.807, 2.05) is 0 Å². The number of rotatable bonds is 3. The average Bonchev–Trinajstić information content (AvgIpc) is 2.66. The van der Waals surface area contributed by atoms with Crippen molar-refractivity contribution >= 4 is 5.78 Å². The molecule has 1 fully saturated rings. The van der Waals surface area contributed by atoms with E-state index >= 15 is 0 Å². The van der Waals surface area contributed by atoms with E-state index in [4.69, 9.17) is 0 Å². The molecule has 0 radical (unpaired) electrons. The molecule has 0 aromatic carbocycles. The van der Waals surface area contributed by atoms with Crippen LogP contribution < -0.4 is 0 Å². The summed E-state index contributed by atoms with van der Waals surface area (Å²) in [4.78, 5) is 12.0. The first-order chi connectivity index (χ1) is 7.77. The third-order valence-corrected chi connectivity index (χ3v) is 4.53. The molecule has 0 heterocycles. The molecule has 16 heavy (non-hydrogen) atoms. The number of carbonyl (C=O) groups excluding carboxylic acids is 1. The standard InChI is InChI=1S/C15H24O/c1-3-12-13(4-2)15(16)10-14(12)11-8-6-5-7-9-11/h11,14H,3-10H2,1-2H3. The average molecular weight is 220 g/mol. The van der Waals surface area contributed by atoms with Crippen LogP contribution in [0.4, 0.5) is 0 Å². The van der Waals surface area contributed by atoms with E-state index in [1.54, 1.807) is 0 Å². The molecule has 1 atom stereocenters.